The highest BCUT2D eigenvalue weighted by Crippen LogP contribution is 2.14. The monoisotopic (exact) mass is 194 g/mol. The third-order valence-electron chi connectivity index (χ3n) is 2.67. The van der Waals surface area contributed by atoms with E-state index >= 15 is 0 Å². The predicted octanol–water partition coefficient (Wildman–Crippen LogP) is 1.59. The van der Waals surface area contributed by atoms with Crippen LogP contribution in [0.4, 0.5) is 0 Å². The second-order valence-electron chi connectivity index (χ2n) is 3.73. The molecule has 0 bridgehead atoms. The number of benzene rings is 1. The van der Waals surface area contributed by atoms with Gasteiger partial charge in [0.15, 0.2) is 0 Å². The molecular weight excluding hydrogens is 176 g/mol. The van der Waals surface area contributed by atoms with E-state index in [1.807, 2.05) is 6.07 Å². The van der Waals surface area contributed by atoms with E-state index in [4.69, 9.17) is 5.11 Å². The molecule has 0 aliphatic heterocycles. The summed E-state index contributed by atoms with van der Waals surface area (Å²) in [4.78, 5) is 0. The quantitative estimate of drug-likeness (QED) is 0.764. The number of rotatable bonds is 4. The smallest absolute Gasteiger partial charge is 0.0774 e. The lowest BCUT2D eigenvalue weighted by Crippen LogP contribution is -2.13. The zero-order valence-corrected chi connectivity index (χ0v) is 8.83. The average Bonchev–Trinajstić information content (AvgIpc) is 2.20. The highest BCUT2D eigenvalue weighted by atomic mass is 16.3. The van der Waals surface area contributed by atoms with Crippen LogP contribution < -0.4 is 0 Å². The molecule has 1 atom stereocenters. The standard InChI is InChI=1S/C12H18O2/c1-9-4-3-5-11(10(9)2)6-7-12(14)8-13/h3-5,12-14H,6-8H2,1-2H3. The minimum absolute atomic E-state index is 0.148. The van der Waals surface area contributed by atoms with Crippen molar-refractivity contribution in [2.24, 2.45) is 0 Å². The van der Waals surface area contributed by atoms with E-state index in [-0.39, 0.29) is 6.61 Å². The first-order valence-electron chi connectivity index (χ1n) is 4.99. The maximum absolute atomic E-state index is 9.23. The Morgan fingerprint density at radius 3 is 2.64 bits per heavy atom. The molecule has 0 aromatic heterocycles. The van der Waals surface area contributed by atoms with Crippen molar-refractivity contribution in [1.29, 1.82) is 0 Å². The van der Waals surface area contributed by atoms with Gasteiger partial charge in [-0.05, 0) is 43.4 Å². The number of aryl methyl sites for hydroxylation is 2. The summed E-state index contributed by atoms with van der Waals surface area (Å²) in [5.41, 5.74) is 3.83. The molecule has 2 heteroatoms. The molecule has 0 heterocycles. The summed E-state index contributed by atoms with van der Waals surface area (Å²) < 4.78 is 0. The molecule has 0 aliphatic carbocycles. The van der Waals surface area contributed by atoms with Crippen LogP contribution in [-0.4, -0.2) is 22.9 Å². The Morgan fingerprint density at radius 2 is 2.00 bits per heavy atom. The molecule has 0 amide bonds. The van der Waals surface area contributed by atoms with Crippen molar-refractivity contribution in [3.63, 3.8) is 0 Å². The van der Waals surface area contributed by atoms with Gasteiger partial charge in [-0.2, -0.15) is 0 Å². The van der Waals surface area contributed by atoms with Gasteiger partial charge in [-0.15, -0.1) is 0 Å². The summed E-state index contributed by atoms with van der Waals surface area (Å²) in [7, 11) is 0. The van der Waals surface area contributed by atoms with Crippen LogP contribution in [0.2, 0.25) is 0 Å². The Balaban J connectivity index is 2.63. The normalized spacial score (nSPS) is 12.9. The van der Waals surface area contributed by atoms with Gasteiger partial charge in [-0.3, -0.25) is 0 Å². The molecule has 0 fully saturated rings. The maximum Gasteiger partial charge on any atom is 0.0774 e. The molecule has 78 valence electrons. The van der Waals surface area contributed by atoms with Gasteiger partial charge in [-0.1, -0.05) is 18.2 Å². The molecule has 1 aromatic rings. The Kier molecular flexibility index (Phi) is 4.11. The van der Waals surface area contributed by atoms with Crippen LogP contribution in [-0.2, 0) is 6.42 Å². The van der Waals surface area contributed by atoms with E-state index in [2.05, 4.69) is 26.0 Å². The lowest BCUT2D eigenvalue weighted by Gasteiger charge is -2.10. The molecule has 14 heavy (non-hydrogen) atoms. The van der Waals surface area contributed by atoms with Crippen LogP contribution in [0.25, 0.3) is 0 Å². The molecule has 1 unspecified atom stereocenters. The van der Waals surface area contributed by atoms with Crippen LogP contribution in [0.3, 0.4) is 0 Å². The summed E-state index contributed by atoms with van der Waals surface area (Å²) in [6, 6.07) is 6.19. The molecule has 2 N–H and O–H groups in total. The van der Waals surface area contributed by atoms with Crippen LogP contribution in [0, 0.1) is 13.8 Å². The van der Waals surface area contributed by atoms with E-state index in [1.165, 1.54) is 16.7 Å². The van der Waals surface area contributed by atoms with E-state index in [1.54, 1.807) is 0 Å². The summed E-state index contributed by atoms with van der Waals surface area (Å²) in [5.74, 6) is 0. The predicted molar refractivity (Wildman–Crippen MR) is 57.3 cm³/mol. The molecule has 1 aromatic carbocycles. The van der Waals surface area contributed by atoms with Gasteiger partial charge < -0.3 is 10.2 Å². The number of hydrogen-bond donors (Lipinski definition) is 2. The minimum Gasteiger partial charge on any atom is -0.394 e. The minimum atomic E-state index is -0.588. The van der Waals surface area contributed by atoms with Crippen molar-refractivity contribution in [3.05, 3.63) is 34.9 Å². The zero-order valence-electron chi connectivity index (χ0n) is 8.83. The zero-order chi connectivity index (χ0) is 10.6. The van der Waals surface area contributed by atoms with Crippen LogP contribution in [0.1, 0.15) is 23.1 Å². The van der Waals surface area contributed by atoms with Gasteiger partial charge >= 0.3 is 0 Å². The second-order valence-corrected chi connectivity index (χ2v) is 3.73. The summed E-state index contributed by atoms with van der Waals surface area (Å²) in [5, 5.41) is 17.9. The number of aliphatic hydroxyl groups is 2. The largest absolute Gasteiger partial charge is 0.394 e. The molecule has 0 spiro atoms. The Morgan fingerprint density at radius 1 is 1.29 bits per heavy atom. The molecule has 0 saturated heterocycles. The van der Waals surface area contributed by atoms with Crippen LogP contribution in [0.15, 0.2) is 18.2 Å². The van der Waals surface area contributed by atoms with Gasteiger partial charge in [-0.25, -0.2) is 0 Å². The highest BCUT2D eigenvalue weighted by molar-refractivity contribution is 5.33. The van der Waals surface area contributed by atoms with Crippen molar-refractivity contribution in [3.8, 4) is 0 Å². The average molecular weight is 194 g/mol. The van der Waals surface area contributed by atoms with Gasteiger partial charge in [0.1, 0.15) is 0 Å². The first-order valence-corrected chi connectivity index (χ1v) is 4.99. The van der Waals surface area contributed by atoms with E-state index in [0.717, 1.165) is 6.42 Å². The third kappa shape index (κ3) is 2.82. The molecule has 0 saturated carbocycles. The number of hydrogen-bond acceptors (Lipinski definition) is 2. The number of aliphatic hydroxyl groups excluding tert-OH is 2. The van der Waals surface area contributed by atoms with Crippen LogP contribution in [0.5, 0.6) is 0 Å². The van der Waals surface area contributed by atoms with Crippen molar-refractivity contribution in [1.82, 2.24) is 0 Å². The molecular formula is C12H18O2. The molecule has 1 rings (SSSR count). The van der Waals surface area contributed by atoms with Gasteiger partial charge in [0, 0.05) is 0 Å². The Bertz CT molecular complexity index is 294. The van der Waals surface area contributed by atoms with Gasteiger partial charge in [0.2, 0.25) is 0 Å². The molecule has 0 radical (unpaired) electrons. The Hall–Kier alpha value is -0.860. The SMILES string of the molecule is Cc1cccc(CCC(O)CO)c1C. The van der Waals surface area contributed by atoms with Crippen LogP contribution >= 0.6 is 0 Å². The Labute approximate surface area is 85.2 Å². The maximum atomic E-state index is 9.23. The van der Waals surface area contributed by atoms with E-state index < -0.39 is 6.10 Å². The van der Waals surface area contributed by atoms with E-state index in [0.29, 0.717) is 6.42 Å². The fourth-order valence-corrected chi connectivity index (χ4v) is 1.50. The first-order chi connectivity index (χ1) is 6.65. The van der Waals surface area contributed by atoms with Crippen molar-refractivity contribution in [2.75, 3.05) is 6.61 Å². The lowest BCUT2D eigenvalue weighted by atomic mass is 9.98. The molecule has 2 nitrogen and oxygen atoms in total. The van der Waals surface area contributed by atoms with Crippen molar-refractivity contribution < 1.29 is 10.2 Å². The van der Waals surface area contributed by atoms with Gasteiger partial charge in [0.05, 0.1) is 12.7 Å². The second kappa shape index (κ2) is 5.13. The topological polar surface area (TPSA) is 40.5 Å². The first kappa shape index (κ1) is 11.2. The molecule has 0 aliphatic rings. The fraction of sp³-hybridized carbons (Fsp3) is 0.500. The fourth-order valence-electron chi connectivity index (χ4n) is 1.50. The van der Waals surface area contributed by atoms with Gasteiger partial charge in [0.25, 0.3) is 0 Å². The van der Waals surface area contributed by atoms with Crippen molar-refractivity contribution in [2.45, 2.75) is 32.8 Å². The van der Waals surface area contributed by atoms with E-state index in [9.17, 15) is 5.11 Å². The summed E-state index contributed by atoms with van der Waals surface area (Å²) >= 11 is 0. The third-order valence-corrected chi connectivity index (χ3v) is 2.67. The highest BCUT2D eigenvalue weighted by Gasteiger charge is 2.05. The summed E-state index contributed by atoms with van der Waals surface area (Å²) in [6.45, 7) is 4.03. The van der Waals surface area contributed by atoms with Crippen molar-refractivity contribution >= 4 is 0 Å². The summed E-state index contributed by atoms with van der Waals surface area (Å²) in [6.07, 6.45) is 0.866. The lowest BCUT2D eigenvalue weighted by molar-refractivity contribution is 0.0885.